The summed E-state index contributed by atoms with van der Waals surface area (Å²) >= 11 is 0. The summed E-state index contributed by atoms with van der Waals surface area (Å²) in [5, 5.41) is 3.11. The molecular formula is C20H25IN4O3. The van der Waals surface area contributed by atoms with Crippen LogP contribution < -0.4 is 20.7 Å². The van der Waals surface area contributed by atoms with E-state index in [1.54, 1.807) is 12.0 Å². The quantitative estimate of drug-likeness (QED) is 0.266. The van der Waals surface area contributed by atoms with Crippen LogP contribution in [0.25, 0.3) is 0 Å². The van der Waals surface area contributed by atoms with Crippen LogP contribution in [-0.2, 0) is 16.1 Å². The summed E-state index contributed by atoms with van der Waals surface area (Å²) in [6.07, 6.45) is 0.697. The van der Waals surface area contributed by atoms with E-state index in [1.807, 2.05) is 48.5 Å². The predicted octanol–water partition coefficient (Wildman–Crippen LogP) is 2.99. The van der Waals surface area contributed by atoms with Gasteiger partial charge in [-0.3, -0.25) is 9.79 Å². The zero-order valence-corrected chi connectivity index (χ0v) is 18.1. The van der Waals surface area contributed by atoms with Gasteiger partial charge >= 0.3 is 0 Å². The van der Waals surface area contributed by atoms with E-state index in [9.17, 15) is 4.79 Å². The number of nitrogens with one attached hydrogen (secondary N) is 1. The molecule has 1 aliphatic rings. The summed E-state index contributed by atoms with van der Waals surface area (Å²) in [4.78, 5) is 18.2. The van der Waals surface area contributed by atoms with Gasteiger partial charge in [0.1, 0.15) is 5.75 Å². The van der Waals surface area contributed by atoms with Crippen LogP contribution in [0, 0.1) is 0 Å². The van der Waals surface area contributed by atoms with E-state index in [2.05, 4.69) is 10.3 Å². The first-order valence-electron chi connectivity index (χ1n) is 8.85. The second-order valence-corrected chi connectivity index (χ2v) is 6.14. The molecule has 0 aliphatic carbocycles. The number of nitrogens with two attached hydrogens (primary N) is 1. The normalized spacial score (nSPS) is 13.4. The second-order valence-electron chi connectivity index (χ2n) is 6.14. The number of methoxy groups -OCH3 is 1. The van der Waals surface area contributed by atoms with Crippen LogP contribution in [0.5, 0.6) is 5.75 Å². The first-order chi connectivity index (χ1) is 13.2. The van der Waals surface area contributed by atoms with Crippen molar-refractivity contribution in [1.29, 1.82) is 0 Å². The van der Waals surface area contributed by atoms with E-state index in [-0.39, 0.29) is 36.5 Å². The summed E-state index contributed by atoms with van der Waals surface area (Å²) in [6, 6.07) is 15.3. The maximum atomic E-state index is 12.1. The first kappa shape index (κ1) is 22.0. The fourth-order valence-corrected chi connectivity index (χ4v) is 2.93. The number of hydrogen-bond donors (Lipinski definition) is 2. The number of nitrogens with zero attached hydrogens (tertiary/aromatic N) is 2. The molecule has 0 spiro atoms. The fourth-order valence-electron chi connectivity index (χ4n) is 2.93. The van der Waals surface area contributed by atoms with E-state index in [4.69, 9.17) is 15.2 Å². The lowest BCUT2D eigenvalue weighted by atomic mass is 10.2. The van der Waals surface area contributed by atoms with Gasteiger partial charge in [-0.25, -0.2) is 0 Å². The third kappa shape index (κ3) is 5.59. The van der Waals surface area contributed by atoms with Gasteiger partial charge in [0.25, 0.3) is 5.91 Å². The Balaban J connectivity index is 0.00000280. The second kappa shape index (κ2) is 10.9. The third-order valence-corrected chi connectivity index (χ3v) is 4.21. The van der Waals surface area contributed by atoms with Crippen LogP contribution in [0.1, 0.15) is 12.0 Å². The Morgan fingerprint density at radius 2 is 2.00 bits per heavy atom. The van der Waals surface area contributed by atoms with Gasteiger partial charge < -0.3 is 25.4 Å². The van der Waals surface area contributed by atoms with Gasteiger partial charge in [-0.15, -0.1) is 24.0 Å². The first-order valence-corrected chi connectivity index (χ1v) is 8.85. The minimum atomic E-state index is -0.0442. The molecule has 0 radical (unpaired) electrons. The van der Waals surface area contributed by atoms with Crippen molar-refractivity contribution >= 4 is 47.2 Å². The molecule has 2 aromatic carbocycles. The number of rotatable bonds is 7. The summed E-state index contributed by atoms with van der Waals surface area (Å²) in [5.41, 5.74) is 8.68. The number of guanidine groups is 1. The molecule has 3 rings (SSSR count). The standard InChI is InChI=1S/C20H24N4O3.HI/c1-26-13-15-7-2-3-8-16(15)23-20(21)22-11-6-12-24-17-9-4-5-10-18(17)27-14-19(24)25;/h2-5,7-10H,6,11-14H2,1H3,(H3,21,22,23);1H. The van der Waals surface area contributed by atoms with Gasteiger partial charge in [0.05, 0.1) is 12.3 Å². The van der Waals surface area contributed by atoms with Crippen LogP contribution in [0.4, 0.5) is 11.4 Å². The summed E-state index contributed by atoms with van der Waals surface area (Å²) in [6.45, 7) is 1.64. The van der Waals surface area contributed by atoms with E-state index in [1.165, 1.54) is 0 Å². The maximum Gasteiger partial charge on any atom is 0.265 e. The number of carbonyl (C=O) groups is 1. The lowest BCUT2D eigenvalue weighted by Crippen LogP contribution is -2.39. The Kier molecular flexibility index (Phi) is 8.52. The van der Waals surface area contributed by atoms with Crippen LogP contribution in [-0.4, -0.2) is 38.7 Å². The number of ether oxygens (including phenoxy) is 2. The zero-order valence-electron chi connectivity index (χ0n) is 15.8. The molecule has 0 aromatic heterocycles. The molecule has 1 amide bonds. The monoisotopic (exact) mass is 496 g/mol. The van der Waals surface area contributed by atoms with Crippen LogP contribution in [0.3, 0.4) is 0 Å². The molecule has 3 N–H and O–H groups in total. The smallest absolute Gasteiger partial charge is 0.265 e. The molecule has 7 nitrogen and oxygen atoms in total. The zero-order chi connectivity index (χ0) is 19.1. The van der Waals surface area contributed by atoms with Crippen molar-refractivity contribution in [1.82, 2.24) is 0 Å². The summed E-state index contributed by atoms with van der Waals surface area (Å²) in [7, 11) is 1.65. The Hall–Kier alpha value is -2.33. The molecule has 8 heteroatoms. The number of fused-ring (bicyclic) bond motifs is 1. The Morgan fingerprint density at radius 1 is 1.25 bits per heavy atom. The van der Waals surface area contributed by atoms with Crippen molar-refractivity contribution in [2.45, 2.75) is 13.0 Å². The number of para-hydroxylation sites is 3. The van der Waals surface area contributed by atoms with Crippen LogP contribution in [0.2, 0.25) is 0 Å². The highest BCUT2D eigenvalue weighted by atomic mass is 127. The Labute approximate surface area is 181 Å². The Bertz CT molecular complexity index is 829. The number of anilines is 2. The molecule has 0 bridgehead atoms. The third-order valence-electron chi connectivity index (χ3n) is 4.21. The highest BCUT2D eigenvalue weighted by Crippen LogP contribution is 2.31. The molecule has 0 atom stereocenters. The fraction of sp³-hybridized carbons (Fsp3) is 0.300. The minimum absolute atomic E-state index is 0. The van der Waals surface area contributed by atoms with Crippen molar-refractivity contribution in [2.24, 2.45) is 10.7 Å². The van der Waals surface area contributed by atoms with Crippen molar-refractivity contribution < 1.29 is 14.3 Å². The number of aliphatic imine (C=N–C) groups is 1. The van der Waals surface area contributed by atoms with E-state index in [0.29, 0.717) is 32.1 Å². The molecule has 0 fully saturated rings. The van der Waals surface area contributed by atoms with Crippen molar-refractivity contribution in [3.05, 3.63) is 54.1 Å². The predicted molar refractivity (Wildman–Crippen MR) is 122 cm³/mol. The summed E-state index contributed by atoms with van der Waals surface area (Å²) < 4.78 is 10.6. The number of benzene rings is 2. The van der Waals surface area contributed by atoms with E-state index in [0.717, 1.165) is 22.7 Å². The average molecular weight is 496 g/mol. The van der Waals surface area contributed by atoms with Gasteiger partial charge in [0.15, 0.2) is 12.6 Å². The molecule has 0 saturated carbocycles. The number of carbonyl (C=O) groups excluding carboxylic acids is 1. The molecule has 1 heterocycles. The van der Waals surface area contributed by atoms with Gasteiger partial charge in [-0.1, -0.05) is 30.3 Å². The maximum absolute atomic E-state index is 12.1. The number of hydrogen-bond acceptors (Lipinski definition) is 4. The van der Waals surface area contributed by atoms with Crippen molar-refractivity contribution in [3.63, 3.8) is 0 Å². The minimum Gasteiger partial charge on any atom is -0.482 e. The molecule has 2 aromatic rings. The molecule has 0 unspecified atom stereocenters. The SMILES string of the molecule is COCc1ccccc1NC(N)=NCCCN1C(=O)COc2ccccc21.I. The lowest BCUT2D eigenvalue weighted by Gasteiger charge is -2.29. The van der Waals surface area contributed by atoms with Crippen LogP contribution in [0.15, 0.2) is 53.5 Å². The highest BCUT2D eigenvalue weighted by Gasteiger charge is 2.24. The van der Waals surface area contributed by atoms with E-state index >= 15 is 0 Å². The number of amides is 1. The largest absolute Gasteiger partial charge is 0.482 e. The summed E-state index contributed by atoms with van der Waals surface area (Å²) in [5.74, 6) is 1.03. The average Bonchev–Trinajstić information content (AvgIpc) is 2.68. The van der Waals surface area contributed by atoms with E-state index < -0.39 is 0 Å². The van der Waals surface area contributed by atoms with Gasteiger partial charge in [-0.2, -0.15) is 0 Å². The highest BCUT2D eigenvalue weighted by molar-refractivity contribution is 14.0. The molecule has 0 saturated heterocycles. The molecular weight excluding hydrogens is 471 g/mol. The molecule has 1 aliphatic heterocycles. The molecule has 28 heavy (non-hydrogen) atoms. The van der Waals surface area contributed by atoms with Crippen LogP contribution >= 0.6 is 24.0 Å². The van der Waals surface area contributed by atoms with Crippen molar-refractivity contribution in [2.75, 3.05) is 37.0 Å². The Morgan fingerprint density at radius 3 is 2.82 bits per heavy atom. The molecule has 150 valence electrons. The lowest BCUT2D eigenvalue weighted by molar-refractivity contribution is -0.121. The van der Waals surface area contributed by atoms with Gasteiger partial charge in [0, 0.05) is 31.5 Å². The van der Waals surface area contributed by atoms with Crippen molar-refractivity contribution in [3.8, 4) is 5.75 Å². The number of halogens is 1. The van der Waals surface area contributed by atoms with Gasteiger partial charge in [-0.05, 0) is 24.6 Å². The topological polar surface area (TPSA) is 89.2 Å². The van der Waals surface area contributed by atoms with Gasteiger partial charge in [0.2, 0.25) is 0 Å².